The number of rotatable bonds is 7. The summed E-state index contributed by atoms with van der Waals surface area (Å²) in [4.78, 5) is 10.6. The maximum Gasteiger partial charge on any atom is 0.310 e. The van der Waals surface area contributed by atoms with Crippen molar-refractivity contribution in [3.05, 3.63) is 33.9 Å². The maximum absolute atomic E-state index is 11.0. The molecule has 2 fully saturated rings. The number of hydrogen-bond acceptors (Lipinski definition) is 4. The molecule has 0 amide bonds. The fraction of sp³-hybridized carbons (Fsp3) is 0.571. The van der Waals surface area contributed by atoms with E-state index in [0.717, 1.165) is 12.1 Å². The monoisotopic (exact) mass is 262 g/mol. The van der Waals surface area contributed by atoms with E-state index in [-0.39, 0.29) is 10.6 Å². The van der Waals surface area contributed by atoms with Gasteiger partial charge in [-0.25, -0.2) is 0 Å². The van der Waals surface area contributed by atoms with Gasteiger partial charge in [0.2, 0.25) is 0 Å². The first-order valence-electron chi connectivity index (χ1n) is 6.86. The zero-order chi connectivity index (χ0) is 13.2. The predicted octanol–water partition coefficient (Wildman–Crippen LogP) is 2.64. The van der Waals surface area contributed by atoms with Crippen LogP contribution in [-0.4, -0.2) is 17.6 Å². The third kappa shape index (κ3) is 3.44. The molecule has 2 aliphatic carbocycles. The molecule has 1 aromatic rings. The Morgan fingerprint density at radius 3 is 2.74 bits per heavy atom. The van der Waals surface area contributed by atoms with Crippen molar-refractivity contribution in [2.45, 2.75) is 38.3 Å². The largest absolute Gasteiger partial charge is 0.487 e. The molecule has 5 heteroatoms. The van der Waals surface area contributed by atoms with Crippen LogP contribution in [0.25, 0.3) is 0 Å². The number of nitrogens with one attached hydrogen (secondary N) is 1. The molecule has 19 heavy (non-hydrogen) atoms. The zero-order valence-corrected chi connectivity index (χ0v) is 10.8. The number of ether oxygens (including phenoxy) is 1. The van der Waals surface area contributed by atoms with Crippen LogP contribution in [0, 0.1) is 16.0 Å². The summed E-state index contributed by atoms with van der Waals surface area (Å²) < 4.78 is 5.62. The minimum Gasteiger partial charge on any atom is -0.487 e. The molecule has 0 radical (unpaired) electrons. The number of nitro benzene ring substituents is 1. The van der Waals surface area contributed by atoms with Crippen LogP contribution < -0.4 is 10.1 Å². The molecule has 0 unspecified atom stereocenters. The third-order valence-electron chi connectivity index (χ3n) is 3.56. The molecule has 2 aliphatic rings. The van der Waals surface area contributed by atoms with Crippen LogP contribution in [0.15, 0.2) is 18.2 Å². The van der Waals surface area contributed by atoms with Gasteiger partial charge in [-0.3, -0.25) is 10.1 Å². The minimum atomic E-state index is -0.375. The van der Waals surface area contributed by atoms with Gasteiger partial charge in [-0.05, 0) is 43.2 Å². The van der Waals surface area contributed by atoms with Crippen molar-refractivity contribution in [3.63, 3.8) is 0 Å². The van der Waals surface area contributed by atoms with Gasteiger partial charge in [0, 0.05) is 18.7 Å². The quantitative estimate of drug-likeness (QED) is 0.606. The number of benzene rings is 1. The molecule has 0 atom stereocenters. The SMILES string of the molecule is O=[N+]([O-])c1ccc(CNC2CC2)cc1OCC1CC1. The van der Waals surface area contributed by atoms with Crippen LogP contribution in [-0.2, 0) is 6.54 Å². The Morgan fingerprint density at radius 2 is 2.11 bits per heavy atom. The van der Waals surface area contributed by atoms with Crippen LogP contribution in [0.5, 0.6) is 5.75 Å². The Kier molecular flexibility index (Phi) is 3.38. The second-order valence-corrected chi connectivity index (χ2v) is 5.47. The molecule has 0 bridgehead atoms. The molecule has 0 saturated heterocycles. The molecular weight excluding hydrogens is 244 g/mol. The predicted molar refractivity (Wildman–Crippen MR) is 71.2 cm³/mol. The lowest BCUT2D eigenvalue weighted by Crippen LogP contribution is -2.15. The summed E-state index contributed by atoms with van der Waals surface area (Å²) in [5.74, 6) is 1.000. The van der Waals surface area contributed by atoms with E-state index >= 15 is 0 Å². The summed E-state index contributed by atoms with van der Waals surface area (Å²) in [7, 11) is 0. The fourth-order valence-corrected chi connectivity index (χ4v) is 1.98. The van der Waals surface area contributed by atoms with E-state index in [0.29, 0.717) is 24.3 Å². The highest BCUT2D eigenvalue weighted by Crippen LogP contribution is 2.33. The summed E-state index contributed by atoms with van der Waals surface area (Å²) in [6, 6.07) is 5.78. The van der Waals surface area contributed by atoms with E-state index in [2.05, 4.69) is 5.32 Å². The average molecular weight is 262 g/mol. The molecule has 0 aromatic heterocycles. The zero-order valence-electron chi connectivity index (χ0n) is 10.8. The van der Waals surface area contributed by atoms with Crippen molar-refractivity contribution in [1.82, 2.24) is 5.32 Å². The highest BCUT2D eigenvalue weighted by atomic mass is 16.6. The van der Waals surface area contributed by atoms with Crippen LogP contribution in [0.1, 0.15) is 31.2 Å². The molecule has 102 valence electrons. The molecule has 1 aromatic carbocycles. The van der Waals surface area contributed by atoms with Gasteiger partial charge in [-0.2, -0.15) is 0 Å². The summed E-state index contributed by atoms with van der Waals surface area (Å²) in [6.45, 7) is 1.35. The molecule has 5 nitrogen and oxygen atoms in total. The van der Waals surface area contributed by atoms with Crippen molar-refractivity contribution in [2.24, 2.45) is 5.92 Å². The lowest BCUT2D eigenvalue weighted by Gasteiger charge is -2.09. The molecule has 0 heterocycles. The van der Waals surface area contributed by atoms with Crippen LogP contribution in [0.2, 0.25) is 0 Å². The van der Waals surface area contributed by atoms with E-state index in [9.17, 15) is 10.1 Å². The molecule has 0 spiro atoms. The van der Waals surface area contributed by atoms with E-state index in [1.165, 1.54) is 25.7 Å². The van der Waals surface area contributed by atoms with Crippen molar-refractivity contribution in [3.8, 4) is 5.75 Å². The second kappa shape index (κ2) is 5.17. The lowest BCUT2D eigenvalue weighted by molar-refractivity contribution is -0.385. The number of nitro groups is 1. The normalized spacial score (nSPS) is 18.3. The van der Waals surface area contributed by atoms with Crippen molar-refractivity contribution >= 4 is 5.69 Å². The third-order valence-corrected chi connectivity index (χ3v) is 3.56. The van der Waals surface area contributed by atoms with Gasteiger partial charge < -0.3 is 10.1 Å². The molecule has 2 saturated carbocycles. The van der Waals surface area contributed by atoms with E-state index in [4.69, 9.17) is 4.74 Å². The number of hydrogen-bond donors (Lipinski definition) is 1. The Balaban J connectivity index is 1.69. The van der Waals surface area contributed by atoms with E-state index in [1.807, 2.05) is 0 Å². The summed E-state index contributed by atoms with van der Waals surface area (Å²) in [5, 5.41) is 14.4. The smallest absolute Gasteiger partial charge is 0.310 e. The van der Waals surface area contributed by atoms with Gasteiger partial charge in [0.25, 0.3) is 0 Å². The van der Waals surface area contributed by atoms with Crippen LogP contribution in [0.3, 0.4) is 0 Å². The van der Waals surface area contributed by atoms with Crippen molar-refractivity contribution in [2.75, 3.05) is 6.61 Å². The van der Waals surface area contributed by atoms with E-state index < -0.39 is 0 Å². The molecule has 3 rings (SSSR count). The summed E-state index contributed by atoms with van der Waals surface area (Å²) in [6.07, 6.45) is 4.82. The van der Waals surface area contributed by atoms with Crippen LogP contribution >= 0.6 is 0 Å². The highest BCUT2D eigenvalue weighted by molar-refractivity contribution is 5.48. The Morgan fingerprint density at radius 1 is 1.32 bits per heavy atom. The van der Waals surface area contributed by atoms with Gasteiger partial charge in [0.1, 0.15) is 0 Å². The minimum absolute atomic E-state index is 0.0656. The van der Waals surface area contributed by atoms with E-state index in [1.54, 1.807) is 18.2 Å². The standard InChI is InChI=1S/C14H18N2O3/c17-16(18)13-6-3-11(8-15-12-4-5-12)7-14(13)19-9-10-1-2-10/h3,6-7,10,12,15H,1-2,4-5,8-9H2. The first kappa shape index (κ1) is 12.4. The number of nitrogens with zero attached hydrogens (tertiary/aromatic N) is 1. The maximum atomic E-state index is 11.0. The van der Waals surface area contributed by atoms with Gasteiger partial charge in [-0.1, -0.05) is 6.07 Å². The van der Waals surface area contributed by atoms with Gasteiger partial charge in [0.15, 0.2) is 5.75 Å². The lowest BCUT2D eigenvalue weighted by atomic mass is 10.2. The van der Waals surface area contributed by atoms with Gasteiger partial charge >= 0.3 is 5.69 Å². The molecule has 0 aliphatic heterocycles. The fourth-order valence-electron chi connectivity index (χ4n) is 1.98. The van der Waals surface area contributed by atoms with Gasteiger partial charge in [-0.15, -0.1) is 0 Å². The highest BCUT2D eigenvalue weighted by Gasteiger charge is 2.24. The second-order valence-electron chi connectivity index (χ2n) is 5.47. The Bertz CT molecular complexity index is 482. The molecule has 1 N–H and O–H groups in total. The first-order chi connectivity index (χ1) is 9.22. The van der Waals surface area contributed by atoms with Gasteiger partial charge in [0.05, 0.1) is 11.5 Å². The van der Waals surface area contributed by atoms with Crippen LogP contribution in [0.4, 0.5) is 5.69 Å². The Hall–Kier alpha value is -1.62. The average Bonchev–Trinajstić information content (AvgIpc) is 3.28. The molecular formula is C14H18N2O3. The Labute approximate surface area is 112 Å². The van der Waals surface area contributed by atoms with Crippen molar-refractivity contribution in [1.29, 1.82) is 0 Å². The van der Waals surface area contributed by atoms with Crippen molar-refractivity contribution < 1.29 is 9.66 Å². The topological polar surface area (TPSA) is 64.4 Å². The summed E-state index contributed by atoms with van der Waals surface area (Å²) >= 11 is 0. The first-order valence-corrected chi connectivity index (χ1v) is 6.86. The summed E-state index contributed by atoms with van der Waals surface area (Å²) in [5.41, 5.74) is 1.11.